The van der Waals surface area contributed by atoms with Crippen molar-refractivity contribution in [1.82, 2.24) is 0 Å². The molecular weight excluding hydrogens is 251 g/mol. The van der Waals surface area contributed by atoms with E-state index in [-0.39, 0.29) is 12.2 Å². The highest BCUT2D eigenvalue weighted by Crippen LogP contribution is 2.29. The van der Waals surface area contributed by atoms with Gasteiger partial charge in [0.05, 0.1) is 11.6 Å². The van der Waals surface area contributed by atoms with Gasteiger partial charge in [-0.2, -0.15) is 0 Å². The lowest BCUT2D eigenvalue weighted by Crippen LogP contribution is -2.11. The first-order valence-corrected chi connectivity index (χ1v) is 6.34. The van der Waals surface area contributed by atoms with E-state index in [0.29, 0.717) is 5.02 Å². The molecule has 0 aliphatic heterocycles. The zero-order valence-electron chi connectivity index (χ0n) is 9.00. The quantitative estimate of drug-likeness (QED) is 0.612. The second-order valence-electron chi connectivity index (χ2n) is 3.01. The number of carbonyl (C=O) groups excluding carboxylic acids is 1. The van der Waals surface area contributed by atoms with E-state index >= 15 is 0 Å². The lowest BCUT2D eigenvalue weighted by atomic mass is 10.1. The minimum Gasteiger partial charge on any atom is -0.464 e. The number of hydrogen-bond acceptors (Lipinski definition) is 3. The molecule has 1 aromatic rings. The molecule has 0 aliphatic rings. The van der Waals surface area contributed by atoms with Crippen LogP contribution in [0.4, 0.5) is 4.39 Å². The van der Waals surface area contributed by atoms with Gasteiger partial charge in [-0.05, 0) is 30.9 Å². The van der Waals surface area contributed by atoms with Crippen molar-refractivity contribution < 1.29 is 13.9 Å². The van der Waals surface area contributed by atoms with Crippen molar-refractivity contribution in [2.24, 2.45) is 0 Å². The predicted molar refractivity (Wildman–Crippen MR) is 63.7 cm³/mol. The molecule has 0 fully saturated rings. The van der Waals surface area contributed by atoms with Crippen molar-refractivity contribution in [1.29, 1.82) is 0 Å². The molecule has 1 rings (SSSR count). The molecular formula is C11H12ClFO2S. The summed E-state index contributed by atoms with van der Waals surface area (Å²) in [7, 11) is 0. The maximum Gasteiger partial charge on any atom is 0.345 e. The summed E-state index contributed by atoms with van der Waals surface area (Å²) in [5.41, 5.74) is 0.223. The number of benzene rings is 1. The number of rotatable bonds is 4. The lowest BCUT2D eigenvalue weighted by molar-refractivity contribution is -0.149. The van der Waals surface area contributed by atoms with Gasteiger partial charge in [-0.1, -0.05) is 17.7 Å². The highest BCUT2D eigenvalue weighted by molar-refractivity contribution is 7.98. The molecule has 0 N–H and O–H groups in total. The number of esters is 1. The predicted octanol–water partition coefficient (Wildman–Crippen LogP) is 3.64. The summed E-state index contributed by atoms with van der Waals surface area (Å²) < 4.78 is 18.2. The van der Waals surface area contributed by atoms with Gasteiger partial charge < -0.3 is 4.74 Å². The average Bonchev–Trinajstić information content (AvgIpc) is 2.28. The van der Waals surface area contributed by atoms with Gasteiger partial charge >= 0.3 is 5.97 Å². The van der Waals surface area contributed by atoms with E-state index in [4.69, 9.17) is 11.6 Å². The molecule has 0 spiro atoms. The van der Waals surface area contributed by atoms with Gasteiger partial charge in [0.2, 0.25) is 6.17 Å². The molecule has 1 atom stereocenters. The molecule has 5 heteroatoms. The molecule has 16 heavy (non-hydrogen) atoms. The molecule has 0 amide bonds. The fourth-order valence-electron chi connectivity index (χ4n) is 1.19. The fraction of sp³-hybridized carbons (Fsp3) is 0.364. The van der Waals surface area contributed by atoms with Crippen LogP contribution in [0.5, 0.6) is 0 Å². The summed E-state index contributed by atoms with van der Waals surface area (Å²) in [6, 6.07) is 4.68. The summed E-state index contributed by atoms with van der Waals surface area (Å²) >= 11 is 7.38. The van der Waals surface area contributed by atoms with E-state index in [1.54, 1.807) is 19.1 Å². The van der Waals surface area contributed by atoms with Crippen LogP contribution in [0.15, 0.2) is 23.1 Å². The summed E-state index contributed by atoms with van der Waals surface area (Å²) in [5, 5.41) is 0.442. The van der Waals surface area contributed by atoms with Gasteiger partial charge in [-0.3, -0.25) is 0 Å². The molecule has 1 aromatic carbocycles. The van der Waals surface area contributed by atoms with Gasteiger partial charge in [0.15, 0.2) is 0 Å². The Hall–Kier alpha value is -0.740. The van der Waals surface area contributed by atoms with Gasteiger partial charge in [0.25, 0.3) is 0 Å². The third kappa shape index (κ3) is 3.12. The number of alkyl halides is 1. The van der Waals surface area contributed by atoms with Crippen LogP contribution >= 0.6 is 23.4 Å². The standard InChI is InChI=1S/C11H12ClFO2S/c1-3-15-11(14)10(13)7-4-5-9(16-2)8(12)6-7/h4-6,10H,3H2,1-2H3. The molecule has 1 unspecified atom stereocenters. The van der Waals surface area contributed by atoms with Gasteiger partial charge in [0.1, 0.15) is 0 Å². The van der Waals surface area contributed by atoms with Crippen molar-refractivity contribution in [3.63, 3.8) is 0 Å². The molecule has 0 aromatic heterocycles. The monoisotopic (exact) mass is 262 g/mol. The topological polar surface area (TPSA) is 26.3 Å². The molecule has 88 valence electrons. The average molecular weight is 263 g/mol. The van der Waals surface area contributed by atoms with Gasteiger partial charge in [0, 0.05) is 4.90 Å². The van der Waals surface area contributed by atoms with Gasteiger partial charge in [-0.25, -0.2) is 9.18 Å². The first-order chi connectivity index (χ1) is 7.60. The smallest absolute Gasteiger partial charge is 0.345 e. The first kappa shape index (κ1) is 13.3. The van der Waals surface area contributed by atoms with Crippen LogP contribution in [-0.2, 0) is 9.53 Å². The normalized spacial score (nSPS) is 12.2. The van der Waals surface area contributed by atoms with Crippen molar-refractivity contribution in [2.45, 2.75) is 18.0 Å². The Labute approximate surface area is 103 Å². The Bertz CT molecular complexity index is 384. The zero-order chi connectivity index (χ0) is 12.1. The van der Waals surface area contributed by atoms with Crippen LogP contribution in [-0.4, -0.2) is 18.8 Å². The van der Waals surface area contributed by atoms with Crippen molar-refractivity contribution in [3.8, 4) is 0 Å². The molecule has 0 aliphatic carbocycles. The summed E-state index contributed by atoms with van der Waals surface area (Å²) in [5.74, 6) is -0.879. The van der Waals surface area contributed by atoms with Crippen LogP contribution in [0, 0.1) is 0 Å². The minimum absolute atomic E-state index is 0.163. The van der Waals surface area contributed by atoms with E-state index in [0.717, 1.165) is 4.90 Å². The summed E-state index contributed by atoms with van der Waals surface area (Å²) in [6.45, 7) is 1.80. The van der Waals surface area contributed by atoms with Crippen LogP contribution < -0.4 is 0 Å². The van der Waals surface area contributed by atoms with Crippen LogP contribution in [0.3, 0.4) is 0 Å². The van der Waals surface area contributed by atoms with E-state index in [2.05, 4.69) is 4.74 Å². The van der Waals surface area contributed by atoms with Crippen LogP contribution in [0.1, 0.15) is 18.7 Å². The Morgan fingerprint density at radius 3 is 2.81 bits per heavy atom. The number of thioether (sulfide) groups is 1. The van der Waals surface area contributed by atoms with Gasteiger partial charge in [-0.15, -0.1) is 11.8 Å². The zero-order valence-corrected chi connectivity index (χ0v) is 10.6. The minimum atomic E-state index is -1.77. The maximum atomic E-state index is 13.6. The van der Waals surface area contributed by atoms with E-state index in [1.807, 2.05) is 6.26 Å². The largest absolute Gasteiger partial charge is 0.464 e. The second kappa shape index (κ2) is 6.11. The molecule has 0 saturated carbocycles. The third-order valence-electron chi connectivity index (χ3n) is 1.96. The van der Waals surface area contributed by atoms with E-state index < -0.39 is 12.1 Å². The van der Waals surface area contributed by atoms with E-state index in [9.17, 15) is 9.18 Å². The second-order valence-corrected chi connectivity index (χ2v) is 4.26. The molecule has 0 bridgehead atoms. The molecule has 0 saturated heterocycles. The highest BCUT2D eigenvalue weighted by atomic mass is 35.5. The van der Waals surface area contributed by atoms with E-state index in [1.165, 1.54) is 17.8 Å². The Morgan fingerprint density at radius 1 is 1.62 bits per heavy atom. The van der Waals surface area contributed by atoms with Crippen LogP contribution in [0.25, 0.3) is 0 Å². The number of hydrogen-bond donors (Lipinski definition) is 0. The number of halogens is 2. The number of ether oxygens (including phenoxy) is 1. The summed E-state index contributed by atoms with van der Waals surface area (Å²) in [6.07, 6.45) is 0.104. The Balaban J connectivity index is 2.88. The summed E-state index contributed by atoms with van der Waals surface area (Å²) in [4.78, 5) is 12.0. The SMILES string of the molecule is CCOC(=O)C(F)c1ccc(SC)c(Cl)c1. The molecule has 2 nitrogen and oxygen atoms in total. The molecule has 0 heterocycles. The first-order valence-electron chi connectivity index (χ1n) is 4.74. The number of carbonyl (C=O) groups is 1. The van der Waals surface area contributed by atoms with Crippen molar-refractivity contribution in [3.05, 3.63) is 28.8 Å². The third-order valence-corrected chi connectivity index (χ3v) is 3.18. The van der Waals surface area contributed by atoms with Crippen LogP contribution in [0.2, 0.25) is 5.02 Å². The van der Waals surface area contributed by atoms with Crippen molar-refractivity contribution >= 4 is 29.3 Å². The fourth-order valence-corrected chi connectivity index (χ4v) is 2.07. The maximum absolute atomic E-state index is 13.6. The lowest BCUT2D eigenvalue weighted by Gasteiger charge is -2.09. The Morgan fingerprint density at radius 2 is 2.31 bits per heavy atom. The van der Waals surface area contributed by atoms with Crippen molar-refractivity contribution in [2.75, 3.05) is 12.9 Å². The molecule has 0 radical (unpaired) electrons. The Kier molecular flexibility index (Phi) is 5.09. The highest BCUT2D eigenvalue weighted by Gasteiger charge is 2.21.